The van der Waals surface area contributed by atoms with Gasteiger partial charge in [0.2, 0.25) is 0 Å². The number of nitrogens with one attached hydrogen (secondary N) is 2. The molecule has 1 fully saturated rings. The summed E-state index contributed by atoms with van der Waals surface area (Å²) in [6.07, 6.45) is 4.75. The molecule has 27 heavy (non-hydrogen) atoms. The number of hydrogen-bond donors (Lipinski definition) is 3. The Hall–Kier alpha value is -2.53. The zero-order valence-electron chi connectivity index (χ0n) is 14.1. The molecule has 3 amide bonds. The van der Waals surface area contributed by atoms with Crippen molar-refractivity contribution in [3.63, 3.8) is 0 Å². The van der Waals surface area contributed by atoms with Crippen molar-refractivity contribution in [2.45, 2.75) is 16.6 Å². The van der Waals surface area contributed by atoms with E-state index in [0.29, 0.717) is 22.2 Å². The van der Waals surface area contributed by atoms with Crippen LogP contribution < -0.4 is 10.6 Å². The lowest BCUT2D eigenvalue weighted by atomic mass is 10.0. The molecule has 0 radical (unpaired) electrons. The number of carbonyl (C=O) groups excluding carboxylic acids is 2. The van der Waals surface area contributed by atoms with Gasteiger partial charge in [0, 0.05) is 30.4 Å². The van der Waals surface area contributed by atoms with Gasteiger partial charge in [0.1, 0.15) is 17.1 Å². The molecule has 0 bridgehead atoms. The van der Waals surface area contributed by atoms with Gasteiger partial charge in [0.05, 0.1) is 0 Å². The average Bonchev–Trinajstić information content (AvgIpc) is 2.68. The molecular weight excluding hydrogens is 390 g/mol. The lowest BCUT2D eigenvalue weighted by Crippen LogP contribution is -2.71. The van der Waals surface area contributed by atoms with Crippen molar-refractivity contribution in [1.29, 1.82) is 0 Å². The third-order valence-corrected chi connectivity index (χ3v) is 6.16. The molecule has 3 rings (SSSR count). The first-order chi connectivity index (χ1) is 13.0. The minimum atomic E-state index is -1.16. The minimum absolute atomic E-state index is 0.0169. The smallest absolute Gasteiger partial charge is 0.352 e. The van der Waals surface area contributed by atoms with Gasteiger partial charge in [-0.25, -0.2) is 19.6 Å². The Balaban J connectivity index is 1.70. The van der Waals surface area contributed by atoms with E-state index in [1.54, 1.807) is 18.5 Å². The fourth-order valence-electron chi connectivity index (χ4n) is 2.66. The van der Waals surface area contributed by atoms with Gasteiger partial charge in [-0.3, -0.25) is 9.69 Å². The summed E-state index contributed by atoms with van der Waals surface area (Å²) in [5.74, 6) is -0.778. The van der Waals surface area contributed by atoms with Crippen molar-refractivity contribution in [1.82, 2.24) is 25.5 Å². The first kappa shape index (κ1) is 19.2. The molecule has 142 valence electrons. The van der Waals surface area contributed by atoms with E-state index in [1.807, 2.05) is 0 Å². The largest absolute Gasteiger partial charge is 0.477 e. The number of amides is 3. The van der Waals surface area contributed by atoms with Gasteiger partial charge in [0.25, 0.3) is 5.91 Å². The molecule has 2 aliphatic rings. The average molecular weight is 407 g/mol. The van der Waals surface area contributed by atoms with E-state index < -0.39 is 29.3 Å². The molecule has 0 saturated carbocycles. The van der Waals surface area contributed by atoms with E-state index in [-0.39, 0.29) is 12.2 Å². The molecule has 9 nitrogen and oxygen atoms in total. The molecule has 2 atom stereocenters. The van der Waals surface area contributed by atoms with E-state index in [9.17, 15) is 19.5 Å². The maximum Gasteiger partial charge on any atom is 0.352 e. The Bertz CT molecular complexity index is 801. The van der Waals surface area contributed by atoms with Crippen molar-refractivity contribution in [3.8, 4) is 0 Å². The second-order valence-corrected chi connectivity index (χ2v) is 7.66. The molecule has 3 heterocycles. The number of carboxylic acid groups (broad SMARTS) is 1. The van der Waals surface area contributed by atoms with Crippen LogP contribution in [0.25, 0.3) is 0 Å². The summed E-state index contributed by atoms with van der Waals surface area (Å²) in [6, 6.07) is 0.460. The van der Waals surface area contributed by atoms with Crippen LogP contribution in [0.1, 0.15) is 0 Å². The number of aromatic nitrogens is 2. The van der Waals surface area contributed by atoms with Gasteiger partial charge < -0.3 is 15.7 Å². The summed E-state index contributed by atoms with van der Waals surface area (Å²) in [4.78, 5) is 45.4. The van der Waals surface area contributed by atoms with Crippen LogP contribution in [0.4, 0.5) is 4.79 Å². The Labute approximate surface area is 163 Å². The summed E-state index contributed by atoms with van der Waals surface area (Å²) < 4.78 is 0. The van der Waals surface area contributed by atoms with Crippen molar-refractivity contribution in [3.05, 3.63) is 42.4 Å². The Kier molecular flexibility index (Phi) is 6.01. The Morgan fingerprint density at radius 3 is 2.85 bits per heavy atom. The Morgan fingerprint density at radius 1 is 1.44 bits per heavy atom. The van der Waals surface area contributed by atoms with Crippen LogP contribution in [0.3, 0.4) is 0 Å². The van der Waals surface area contributed by atoms with E-state index in [2.05, 4.69) is 27.2 Å². The summed E-state index contributed by atoms with van der Waals surface area (Å²) in [5.41, 5.74) is 0.612. The maximum atomic E-state index is 12.5. The SMILES string of the molecule is C=CCNC(=O)NC1C(=O)N2C(C(=O)O)=C(CSc3ncccn3)CS[C@@H]12. The third-order valence-electron chi connectivity index (χ3n) is 3.86. The fourth-order valence-corrected chi connectivity index (χ4v) is 4.95. The van der Waals surface area contributed by atoms with E-state index in [4.69, 9.17) is 0 Å². The molecule has 0 spiro atoms. The summed E-state index contributed by atoms with van der Waals surface area (Å²) in [6.45, 7) is 3.77. The first-order valence-corrected chi connectivity index (χ1v) is 10.0. The second-order valence-electron chi connectivity index (χ2n) is 5.61. The van der Waals surface area contributed by atoms with Crippen LogP contribution in [0.5, 0.6) is 0 Å². The summed E-state index contributed by atoms with van der Waals surface area (Å²) >= 11 is 2.74. The van der Waals surface area contributed by atoms with Crippen LogP contribution in [0, 0.1) is 0 Å². The van der Waals surface area contributed by atoms with Crippen LogP contribution >= 0.6 is 23.5 Å². The van der Waals surface area contributed by atoms with Gasteiger partial charge >= 0.3 is 12.0 Å². The second kappa shape index (κ2) is 8.44. The van der Waals surface area contributed by atoms with Crippen molar-refractivity contribution >= 4 is 41.4 Å². The number of carboxylic acids is 1. The lowest BCUT2D eigenvalue weighted by molar-refractivity contribution is -0.148. The van der Waals surface area contributed by atoms with Gasteiger partial charge in [-0.1, -0.05) is 17.8 Å². The van der Waals surface area contributed by atoms with Crippen LogP contribution in [-0.2, 0) is 9.59 Å². The maximum absolute atomic E-state index is 12.5. The van der Waals surface area contributed by atoms with E-state index >= 15 is 0 Å². The van der Waals surface area contributed by atoms with Crippen LogP contribution in [-0.4, -0.2) is 67.3 Å². The van der Waals surface area contributed by atoms with Crippen molar-refractivity contribution in [2.75, 3.05) is 18.1 Å². The monoisotopic (exact) mass is 407 g/mol. The van der Waals surface area contributed by atoms with Crippen LogP contribution in [0.15, 0.2) is 47.5 Å². The highest BCUT2D eigenvalue weighted by molar-refractivity contribution is 8.01. The quantitative estimate of drug-likeness (QED) is 0.261. The number of hydrogen-bond acceptors (Lipinski definition) is 7. The highest BCUT2D eigenvalue weighted by Crippen LogP contribution is 2.41. The molecule has 1 saturated heterocycles. The van der Waals surface area contributed by atoms with Gasteiger partial charge in [-0.15, -0.1) is 18.3 Å². The predicted octanol–water partition coefficient (Wildman–Crippen LogP) is 0.676. The zero-order valence-corrected chi connectivity index (χ0v) is 15.8. The number of carbonyl (C=O) groups is 3. The molecule has 1 unspecified atom stereocenters. The predicted molar refractivity (Wildman–Crippen MR) is 101 cm³/mol. The lowest BCUT2D eigenvalue weighted by Gasteiger charge is -2.49. The molecule has 0 aromatic carbocycles. The zero-order chi connectivity index (χ0) is 19.4. The molecule has 1 aromatic heterocycles. The number of β-lactam (4-membered cyclic amide) rings is 1. The molecule has 1 aromatic rings. The normalized spacial score (nSPS) is 21.2. The van der Waals surface area contributed by atoms with Crippen molar-refractivity contribution in [2.24, 2.45) is 0 Å². The summed E-state index contributed by atoms with van der Waals surface area (Å²) in [5, 5.41) is 14.8. The van der Waals surface area contributed by atoms with Gasteiger partial charge in [-0.2, -0.15) is 0 Å². The Morgan fingerprint density at radius 2 is 2.19 bits per heavy atom. The standard InChI is InChI=1S/C16H17N5O4S2/c1-2-4-17-15(25)20-10-12(22)21-11(14(23)24)9(7-26-13(10)21)8-27-16-18-5-3-6-19-16/h2-3,5-6,10,13H,1,4,7-8H2,(H,23,24)(H2,17,20,25)/t10?,13-/m0/s1. The van der Waals surface area contributed by atoms with Crippen molar-refractivity contribution < 1.29 is 19.5 Å². The van der Waals surface area contributed by atoms with Gasteiger partial charge in [0.15, 0.2) is 5.16 Å². The fraction of sp³-hybridized carbons (Fsp3) is 0.312. The first-order valence-electron chi connectivity index (χ1n) is 7.98. The molecule has 11 heteroatoms. The van der Waals surface area contributed by atoms with E-state index in [1.165, 1.54) is 34.5 Å². The number of nitrogens with zero attached hydrogens (tertiary/aromatic N) is 3. The highest BCUT2D eigenvalue weighted by atomic mass is 32.2. The third kappa shape index (κ3) is 4.08. The molecule has 2 aliphatic heterocycles. The number of rotatable bonds is 7. The molecule has 0 aliphatic carbocycles. The number of thioether (sulfide) groups is 2. The summed E-state index contributed by atoms with van der Waals surface area (Å²) in [7, 11) is 0. The highest BCUT2D eigenvalue weighted by Gasteiger charge is 2.54. The van der Waals surface area contributed by atoms with Gasteiger partial charge in [-0.05, 0) is 11.6 Å². The molecule has 3 N–H and O–H groups in total. The molecular formula is C16H17N5O4S2. The minimum Gasteiger partial charge on any atom is -0.477 e. The number of urea groups is 1. The number of fused-ring (bicyclic) bond motifs is 1. The van der Waals surface area contributed by atoms with Crippen LogP contribution in [0.2, 0.25) is 0 Å². The topological polar surface area (TPSA) is 125 Å². The van der Waals surface area contributed by atoms with E-state index in [0.717, 1.165) is 0 Å². The number of aliphatic carboxylic acids is 1.